The minimum Gasteiger partial charge on any atom is -0.481 e. The molecule has 1 unspecified atom stereocenters. The van der Waals surface area contributed by atoms with Crippen LogP contribution in [-0.2, 0) is 7.05 Å². The van der Waals surface area contributed by atoms with E-state index in [0.29, 0.717) is 5.88 Å². The highest BCUT2D eigenvalue weighted by atomic mass is 16.5. The Labute approximate surface area is 113 Å². The van der Waals surface area contributed by atoms with Crippen molar-refractivity contribution < 1.29 is 4.74 Å². The van der Waals surface area contributed by atoms with Gasteiger partial charge in [0.2, 0.25) is 5.88 Å². The van der Waals surface area contributed by atoms with Gasteiger partial charge in [0.1, 0.15) is 0 Å². The van der Waals surface area contributed by atoms with Gasteiger partial charge < -0.3 is 10.1 Å². The third-order valence-electron chi connectivity index (χ3n) is 2.96. The molecule has 0 aliphatic rings. The third-order valence-corrected chi connectivity index (χ3v) is 2.96. The van der Waals surface area contributed by atoms with Gasteiger partial charge in [0.15, 0.2) is 0 Å². The van der Waals surface area contributed by atoms with Crippen LogP contribution in [0.25, 0.3) is 0 Å². The maximum Gasteiger partial charge on any atom is 0.218 e. The Morgan fingerprint density at radius 1 is 1.47 bits per heavy atom. The molecular formula is C14H20N4O. The Morgan fingerprint density at radius 3 is 2.95 bits per heavy atom. The number of aromatic nitrogens is 3. The van der Waals surface area contributed by atoms with Crippen LogP contribution < -0.4 is 10.1 Å². The van der Waals surface area contributed by atoms with Crippen molar-refractivity contribution in [3.63, 3.8) is 0 Å². The molecule has 0 saturated heterocycles. The van der Waals surface area contributed by atoms with Crippen molar-refractivity contribution in [2.45, 2.75) is 19.4 Å². The number of ether oxygens (including phenoxy) is 1. The summed E-state index contributed by atoms with van der Waals surface area (Å²) in [5.74, 6) is 0.653. The Hall–Kier alpha value is -1.88. The summed E-state index contributed by atoms with van der Waals surface area (Å²) in [4.78, 5) is 4.27. The average molecular weight is 260 g/mol. The van der Waals surface area contributed by atoms with E-state index in [1.165, 1.54) is 0 Å². The van der Waals surface area contributed by atoms with Crippen LogP contribution in [0.3, 0.4) is 0 Å². The van der Waals surface area contributed by atoms with Crippen LogP contribution in [0.15, 0.2) is 30.7 Å². The summed E-state index contributed by atoms with van der Waals surface area (Å²) >= 11 is 0. The van der Waals surface area contributed by atoms with Gasteiger partial charge in [-0.25, -0.2) is 4.98 Å². The summed E-state index contributed by atoms with van der Waals surface area (Å²) in [5, 5.41) is 7.76. The van der Waals surface area contributed by atoms with Gasteiger partial charge in [0.05, 0.1) is 19.3 Å². The van der Waals surface area contributed by atoms with Crippen molar-refractivity contribution in [2.24, 2.45) is 7.05 Å². The van der Waals surface area contributed by atoms with Crippen LogP contribution in [0, 0.1) is 0 Å². The largest absolute Gasteiger partial charge is 0.481 e. The van der Waals surface area contributed by atoms with Crippen molar-refractivity contribution in [1.82, 2.24) is 20.1 Å². The molecule has 0 amide bonds. The smallest absolute Gasteiger partial charge is 0.218 e. The van der Waals surface area contributed by atoms with E-state index in [0.717, 1.165) is 24.1 Å². The monoisotopic (exact) mass is 260 g/mol. The van der Waals surface area contributed by atoms with Gasteiger partial charge in [-0.15, -0.1) is 0 Å². The van der Waals surface area contributed by atoms with Crippen LogP contribution in [0.5, 0.6) is 5.88 Å². The summed E-state index contributed by atoms with van der Waals surface area (Å²) in [6.07, 6.45) is 6.70. The predicted molar refractivity (Wildman–Crippen MR) is 74.1 cm³/mol. The van der Waals surface area contributed by atoms with Crippen LogP contribution in [0.4, 0.5) is 0 Å². The summed E-state index contributed by atoms with van der Waals surface area (Å²) in [5.41, 5.74) is 2.15. The van der Waals surface area contributed by atoms with Crippen LogP contribution >= 0.6 is 0 Å². The number of aryl methyl sites for hydroxylation is 1. The van der Waals surface area contributed by atoms with Crippen molar-refractivity contribution in [1.29, 1.82) is 0 Å². The van der Waals surface area contributed by atoms with Gasteiger partial charge in [-0.1, -0.05) is 13.0 Å². The molecule has 0 aliphatic heterocycles. The average Bonchev–Trinajstić information content (AvgIpc) is 2.86. The maximum absolute atomic E-state index is 5.36. The van der Waals surface area contributed by atoms with E-state index in [2.05, 4.69) is 22.3 Å². The Bertz CT molecular complexity index is 524. The van der Waals surface area contributed by atoms with E-state index in [4.69, 9.17) is 4.74 Å². The fourth-order valence-electron chi connectivity index (χ4n) is 2.08. The predicted octanol–water partition coefficient (Wildman–Crippen LogP) is 1.91. The van der Waals surface area contributed by atoms with Gasteiger partial charge in [-0.05, 0) is 19.0 Å². The van der Waals surface area contributed by atoms with Crippen LogP contribution in [-0.4, -0.2) is 28.4 Å². The number of pyridine rings is 1. The van der Waals surface area contributed by atoms with Crippen LogP contribution in [0.1, 0.15) is 30.5 Å². The standard InChI is InChI=1S/C14H20N4O/c1-4-7-15-13(11-9-17-18(2)10-11)12-6-5-8-16-14(12)19-3/h5-6,8-10,13,15H,4,7H2,1-3H3. The molecule has 2 aromatic heterocycles. The van der Waals surface area contributed by atoms with E-state index < -0.39 is 0 Å². The summed E-state index contributed by atoms with van der Waals surface area (Å²) in [7, 11) is 3.56. The summed E-state index contributed by atoms with van der Waals surface area (Å²) < 4.78 is 7.16. The van der Waals surface area contributed by atoms with Gasteiger partial charge in [-0.3, -0.25) is 4.68 Å². The molecule has 0 spiro atoms. The van der Waals surface area contributed by atoms with E-state index in [-0.39, 0.29) is 6.04 Å². The highest BCUT2D eigenvalue weighted by Gasteiger charge is 2.19. The highest BCUT2D eigenvalue weighted by molar-refractivity contribution is 5.35. The van der Waals surface area contributed by atoms with E-state index in [1.54, 1.807) is 18.0 Å². The molecule has 5 heteroatoms. The Morgan fingerprint density at radius 2 is 2.32 bits per heavy atom. The number of rotatable bonds is 6. The zero-order chi connectivity index (χ0) is 13.7. The first kappa shape index (κ1) is 13.5. The van der Waals surface area contributed by atoms with Crippen molar-refractivity contribution in [3.8, 4) is 5.88 Å². The van der Waals surface area contributed by atoms with Crippen molar-refractivity contribution in [3.05, 3.63) is 41.9 Å². The quantitative estimate of drug-likeness (QED) is 0.862. The van der Waals surface area contributed by atoms with Gasteiger partial charge in [0, 0.05) is 30.6 Å². The van der Waals surface area contributed by atoms with E-state index >= 15 is 0 Å². The number of methoxy groups -OCH3 is 1. The summed E-state index contributed by atoms with van der Waals surface area (Å²) in [6.45, 7) is 3.07. The normalized spacial score (nSPS) is 12.4. The first-order valence-corrected chi connectivity index (χ1v) is 6.47. The fraction of sp³-hybridized carbons (Fsp3) is 0.429. The van der Waals surface area contributed by atoms with Crippen LogP contribution in [0.2, 0.25) is 0 Å². The number of nitrogens with zero attached hydrogens (tertiary/aromatic N) is 3. The van der Waals surface area contributed by atoms with Gasteiger partial charge >= 0.3 is 0 Å². The molecule has 2 heterocycles. The highest BCUT2D eigenvalue weighted by Crippen LogP contribution is 2.27. The molecule has 0 bridgehead atoms. The van der Waals surface area contributed by atoms with E-state index in [1.807, 2.05) is 31.6 Å². The molecule has 0 fully saturated rings. The lowest BCUT2D eigenvalue weighted by Crippen LogP contribution is -2.23. The zero-order valence-corrected chi connectivity index (χ0v) is 11.6. The molecular weight excluding hydrogens is 240 g/mol. The molecule has 19 heavy (non-hydrogen) atoms. The van der Waals surface area contributed by atoms with Gasteiger partial charge in [0.25, 0.3) is 0 Å². The second-order valence-corrected chi connectivity index (χ2v) is 4.44. The maximum atomic E-state index is 5.36. The minimum absolute atomic E-state index is 0.0531. The topological polar surface area (TPSA) is 52.0 Å². The number of hydrogen-bond acceptors (Lipinski definition) is 4. The second-order valence-electron chi connectivity index (χ2n) is 4.44. The molecule has 0 aliphatic carbocycles. The molecule has 0 saturated carbocycles. The number of nitrogens with one attached hydrogen (secondary N) is 1. The first-order chi connectivity index (χ1) is 9.26. The fourth-order valence-corrected chi connectivity index (χ4v) is 2.08. The Balaban J connectivity index is 2.36. The lowest BCUT2D eigenvalue weighted by Gasteiger charge is -2.19. The zero-order valence-electron chi connectivity index (χ0n) is 11.6. The second kappa shape index (κ2) is 6.33. The SMILES string of the molecule is CCCNC(c1cnn(C)c1)c1cccnc1OC. The molecule has 1 N–H and O–H groups in total. The Kier molecular flexibility index (Phi) is 4.52. The molecule has 2 aromatic rings. The molecule has 0 radical (unpaired) electrons. The third kappa shape index (κ3) is 3.12. The molecule has 5 nitrogen and oxygen atoms in total. The molecule has 102 valence electrons. The first-order valence-electron chi connectivity index (χ1n) is 6.47. The molecule has 1 atom stereocenters. The molecule has 2 rings (SSSR count). The van der Waals surface area contributed by atoms with E-state index in [9.17, 15) is 0 Å². The van der Waals surface area contributed by atoms with Crippen molar-refractivity contribution >= 4 is 0 Å². The van der Waals surface area contributed by atoms with Gasteiger partial charge in [-0.2, -0.15) is 5.10 Å². The molecule has 0 aromatic carbocycles. The minimum atomic E-state index is 0.0531. The number of hydrogen-bond donors (Lipinski definition) is 1. The van der Waals surface area contributed by atoms with Crippen molar-refractivity contribution in [2.75, 3.05) is 13.7 Å². The lowest BCUT2D eigenvalue weighted by molar-refractivity contribution is 0.387. The summed E-state index contributed by atoms with van der Waals surface area (Å²) in [6, 6.07) is 4.01. The lowest BCUT2D eigenvalue weighted by atomic mass is 10.0.